The van der Waals surface area contributed by atoms with E-state index < -0.39 is 0 Å². The maximum atomic E-state index is 11.2. The highest BCUT2D eigenvalue weighted by atomic mass is 16.2. The summed E-state index contributed by atoms with van der Waals surface area (Å²) in [5.41, 5.74) is 3.92. The predicted molar refractivity (Wildman–Crippen MR) is 74.3 cm³/mol. The fraction of sp³-hybridized carbons (Fsp3) is 0.533. The average Bonchev–Trinajstić information content (AvgIpc) is 2.53. The summed E-state index contributed by atoms with van der Waals surface area (Å²) in [5.74, 6) is 0.192. The van der Waals surface area contributed by atoms with Crippen LogP contribution in [-0.2, 0) is 4.79 Å². The van der Waals surface area contributed by atoms with Crippen LogP contribution >= 0.6 is 0 Å². The van der Waals surface area contributed by atoms with E-state index in [9.17, 15) is 4.79 Å². The minimum absolute atomic E-state index is 0.192. The molecule has 1 saturated heterocycles. The predicted octanol–water partition coefficient (Wildman–Crippen LogP) is 1.98. The average molecular weight is 246 g/mol. The molecule has 0 saturated carbocycles. The first-order chi connectivity index (χ1) is 8.47. The van der Waals surface area contributed by atoms with Gasteiger partial charge in [-0.25, -0.2) is 0 Å². The molecule has 0 N–H and O–H groups in total. The van der Waals surface area contributed by atoms with Crippen LogP contribution in [0.5, 0.6) is 0 Å². The van der Waals surface area contributed by atoms with Gasteiger partial charge in [-0.3, -0.25) is 9.69 Å². The highest BCUT2D eigenvalue weighted by molar-refractivity contribution is 5.74. The van der Waals surface area contributed by atoms with Crippen molar-refractivity contribution in [1.29, 1.82) is 0 Å². The van der Waals surface area contributed by atoms with Gasteiger partial charge in [0.2, 0.25) is 5.91 Å². The van der Waals surface area contributed by atoms with Crippen LogP contribution in [0.2, 0.25) is 0 Å². The Morgan fingerprint density at radius 1 is 1.33 bits per heavy atom. The Morgan fingerprint density at radius 3 is 2.56 bits per heavy atom. The van der Waals surface area contributed by atoms with Crippen molar-refractivity contribution in [3.8, 4) is 0 Å². The molecule has 0 radical (unpaired) electrons. The van der Waals surface area contributed by atoms with Crippen LogP contribution in [0.25, 0.3) is 0 Å². The molecular weight excluding hydrogens is 224 g/mol. The highest BCUT2D eigenvalue weighted by Gasteiger charge is 2.35. The van der Waals surface area contributed by atoms with Gasteiger partial charge in [0.15, 0.2) is 0 Å². The minimum Gasteiger partial charge on any atom is -0.340 e. The Kier molecular flexibility index (Phi) is 3.71. The fourth-order valence-electron chi connectivity index (χ4n) is 2.46. The molecule has 1 amide bonds. The Labute approximate surface area is 109 Å². The fourth-order valence-corrected chi connectivity index (χ4v) is 2.46. The third-order valence-corrected chi connectivity index (χ3v) is 3.75. The topological polar surface area (TPSA) is 23.6 Å². The summed E-state index contributed by atoms with van der Waals surface area (Å²) in [5, 5.41) is 0. The molecule has 98 valence electrons. The van der Waals surface area contributed by atoms with E-state index in [2.05, 4.69) is 30.6 Å². The SMILES string of the molecule is C=C(C)/C=C\C1=C(C)CN(C2CN(C(C)=O)C2)C1. The largest absolute Gasteiger partial charge is 0.340 e. The van der Waals surface area contributed by atoms with E-state index in [0.29, 0.717) is 6.04 Å². The van der Waals surface area contributed by atoms with Gasteiger partial charge in [-0.2, -0.15) is 0 Å². The number of nitrogens with zero attached hydrogens (tertiary/aromatic N) is 2. The first kappa shape index (κ1) is 13.1. The number of carbonyl (C=O) groups is 1. The molecule has 0 bridgehead atoms. The van der Waals surface area contributed by atoms with Gasteiger partial charge in [0.25, 0.3) is 0 Å². The monoisotopic (exact) mass is 246 g/mol. The van der Waals surface area contributed by atoms with Crippen molar-refractivity contribution in [1.82, 2.24) is 9.80 Å². The summed E-state index contributed by atoms with van der Waals surface area (Å²) in [7, 11) is 0. The Morgan fingerprint density at radius 2 is 2.00 bits per heavy atom. The van der Waals surface area contributed by atoms with Gasteiger partial charge >= 0.3 is 0 Å². The maximum absolute atomic E-state index is 11.2. The van der Waals surface area contributed by atoms with Crippen LogP contribution in [0.3, 0.4) is 0 Å². The highest BCUT2D eigenvalue weighted by Crippen LogP contribution is 2.25. The first-order valence-electron chi connectivity index (χ1n) is 6.49. The van der Waals surface area contributed by atoms with E-state index in [1.54, 1.807) is 6.92 Å². The maximum Gasteiger partial charge on any atom is 0.219 e. The zero-order valence-corrected chi connectivity index (χ0v) is 11.6. The lowest BCUT2D eigenvalue weighted by molar-refractivity contribution is -0.135. The third-order valence-electron chi connectivity index (χ3n) is 3.75. The van der Waals surface area contributed by atoms with Gasteiger partial charge in [0, 0.05) is 39.1 Å². The normalized spacial score (nSPS) is 21.8. The molecule has 2 rings (SSSR count). The van der Waals surface area contributed by atoms with Crippen molar-refractivity contribution in [3.05, 3.63) is 35.5 Å². The van der Waals surface area contributed by atoms with Crippen molar-refractivity contribution in [2.24, 2.45) is 0 Å². The van der Waals surface area contributed by atoms with Gasteiger partial charge in [0.05, 0.1) is 0 Å². The van der Waals surface area contributed by atoms with Gasteiger partial charge in [-0.1, -0.05) is 29.9 Å². The number of hydrogen-bond acceptors (Lipinski definition) is 2. The summed E-state index contributed by atoms with van der Waals surface area (Å²) in [6, 6.07) is 0.541. The lowest BCUT2D eigenvalue weighted by atomic mass is 10.1. The number of rotatable bonds is 3. The van der Waals surface area contributed by atoms with E-state index >= 15 is 0 Å². The molecule has 0 aliphatic carbocycles. The standard InChI is InChI=1S/C15H22N2O/c1-11(2)5-6-14-8-17(7-12(14)3)15-9-16(10-15)13(4)18/h5-6,15H,1,7-10H2,2-4H3/b6-5-. The molecule has 0 atom stereocenters. The van der Waals surface area contributed by atoms with Crippen LogP contribution in [0.1, 0.15) is 20.8 Å². The number of hydrogen-bond donors (Lipinski definition) is 0. The summed E-state index contributed by atoms with van der Waals surface area (Å²) >= 11 is 0. The second-order valence-corrected chi connectivity index (χ2v) is 5.47. The lowest BCUT2D eigenvalue weighted by Crippen LogP contribution is -2.60. The van der Waals surface area contributed by atoms with Crippen LogP contribution in [0.15, 0.2) is 35.5 Å². The Bertz CT molecular complexity index is 428. The van der Waals surface area contributed by atoms with E-state index in [1.165, 1.54) is 11.1 Å². The molecule has 3 heteroatoms. The smallest absolute Gasteiger partial charge is 0.219 e. The molecule has 18 heavy (non-hydrogen) atoms. The molecule has 2 heterocycles. The van der Waals surface area contributed by atoms with Crippen molar-refractivity contribution >= 4 is 5.91 Å². The summed E-state index contributed by atoms with van der Waals surface area (Å²) < 4.78 is 0. The van der Waals surface area contributed by atoms with E-state index in [4.69, 9.17) is 0 Å². The van der Waals surface area contributed by atoms with Crippen LogP contribution in [-0.4, -0.2) is 47.9 Å². The molecule has 1 fully saturated rings. The summed E-state index contributed by atoms with van der Waals surface area (Å²) in [4.78, 5) is 15.5. The van der Waals surface area contributed by atoms with E-state index in [1.807, 2.05) is 11.8 Å². The number of amides is 1. The molecule has 0 spiro atoms. The minimum atomic E-state index is 0.192. The number of carbonyl (C=O) groups excluding carboxylic acids is 1. The van der Waals surface area contributed by atoms with E-state index in [0.717, 1.165) is 31.8 Å². The van der Waals surface area contributed by atoms with E-state index in [-0.39, 0.29) is 5.91 Å². The molecule has 0 aromatic heterocycles. The molecular formula is C15H22N2O. The zero-order chi connectivity index (χ0) is 13.3. The number of allylic oxidation sites excluding steroid dienone is 2. The number of likely N-dealkylation sites (tertiary alicyclic amines) is 1. The van der Waals surface area contributed by atoms with Gasteiger partial charge in [-0.15, -0.1) is 0 Å². The zero-order valence-electron chi connectivity index (χ0n) is 11.6. The van der Waals surface area contributed by atoms with Crippen molar-refractivity contribution < 1.29 is 4.79 Å². The Balaban J connectivity index is 1.88. The first-order valence-corrected chi connectivity index (χ1v) is 6.49. The van der Waals surface area contributed by atoms with Gasteiger partial charge < -0.3 is 4.90 Å². The van der Waals surface area contributed by atoms with Gasteiger partial charge in [-0.05, 0) is 19.4 Å². The summed E-state index contributed by atoms with van der Waals surface area (Å²) in [6.45, 7) is 13.5. The molecule has 0 aromatic rings. The van der Waals surface area contributed by atoms with Crippen molar-refractivity contribution in [2.75, 3.05) is 26.2 Å². The quantitative estimate of drug-likeness (QED) is 0.711. The second-order valence-electron chi connectivity index (χ2n) is 5.47. The Hall–Kier alpha value is -1.35. The van der Waals surface area contributed by atoms with Crippen LogP contribution in [0, 0.1) is 0 Å². The molecule has 2 aliphatic heterocycles. The van der Waals surface area contributed by atoms with Crippen molar-refractivity contribution in [3.63, 3.8) is 0 Å². The van der Waals surface area contributed by atoms with Crippen molar-refractivity contribution in [2.45, 2.75) is 26.8 Å². The molecule has 0 unspecified atom stereocenters. The molecule has 3 nitrogen and oxygen atoms in total. The third kappa shape index (κ3) is 2.72. The second kappa shape index (κ2) is 5.11. The molecule has 2 aliphatic rings. The summed E-state index contributed by atoms with van der Waals surface area (Å²) in [6.07, 6.45) is 4.25. The molecule has 0 aromatic carbocycles. The van der Waals surface area contributed by atoms with Crippen LogP contribution in [0.4, 0.5) is 0 Å². The lowest BCUT2D eigenvalue weighted by Gasteiger charge is -2.43. The van der Waals surface area contributed by atoms with Gasteiger partial charge in [0.1, 0.15) is 0 Å². The van der Waals surface area contributed by atoms with Crippen LogP contribution < -0.4 is 0 Å².